The van der Waals surface area contributed by atoms with Crippen LogP contribution in [0.4, 0.5) is 11.4 Å². The average Bonchev–Trinajstić information content (AvgIpc) is 2.84. The zero-order valence-electron chi connectivity index (χ0n) is 18.4. The molecule has 4 rings (SSSR count). The Morgan fingerprint density at radius 2 is 1.56 bits per heavy atom. The van der Waals surface area contributed by atoms with E-state index in [1.165, 1.54) is 19.2 Å². The van der Waals surface area contributed by atoms with Crippen molar-refractivity contribution in [3.8, 4) is 5.75 Å². The summed E-state index contributed by atoms with van der Waals surface area (Å²) < 4.78 is 5.31. The normalized spacial score (nSPS) is 13.5. The van der Waals surface area contributed by atoms with Gasteiger partial charge in [-0.15, -0.1) is 0 Å². The molecule has 1 aliphatic heterocycles. The fourth-order valence-electron chi connectivity index (χ4n) is 3.91. The van der Waals surface area contributed by atoms with E-state index in [-0.39, 0.29) is 28.1 Å². The second-order valence-corrected chi connectivity index (χ2v) is 9.01. The van der Waals surface area contributed by atoms with E-state index in [1.54, 1.807) is 24.3 Å². The number of amides is 2. The maximum absolute atomic E-state index is 13.1. The number of ether oxygens (including phenoxy) is 1. The molecule has 1 saturated heterocycles. The first kappa shape index (κ1) is 24.2. The molecule has 3 aromatic carbocycles. The number of nitrogens with one attached hydrogen (secondary N) is 1. The molecule has 2 amide bonds. The predicted molar refractivity (Wildman–Crippen MR) is 137 cm³/mol. The van der Waals surface area contributed by atoms with E-state index in [0.29, 0.717) is 47.5 Å². The van der Waals surface area contributed by atoms with E-state index < -0.39 is 0 Å². The van der Waals surface area contributed by atoms with E-state index >= 15 is 0 Å². The van der Waals surface area contributed by atoms with Crippen LogP contribution in [0.2, 0.25) is 15.1 Å². The van der Waals surface area contributed by atoms with Crippen LogP contribution in [0.1, 0.15) is 20.7 Å². The Kier molecular flexibility index (Phi) is 7.51. The van der Waals surface area contributed by atoms with Crippen molar-refractivity contribution in [1.29, 1.82) is 0 Å². The molecule has 0 spiro atoms. The molecule has 1 heterocycles. The van der Waals surface area contributed by atoms with Crippen molar-refractivity contribution in [2.75, 3.05) is 43.5 Å². The van der Waals surface area contributed by atoms with Gasteiger partial charge in [0.25, 0.3) is 11.8 Å². The molecule has 1 N–H and O–H groups in total. The van der Waals surface area contributed by atoms with Gasteiger partial charge in [-0.05, 0) is 48.5 Å². The molecule has 0 aliphatic carbocycles. The van der Waals surface area contributed by atoms with Crippen LogP contribution in [0, 0.1) is 0 Å². The first-order valence-electron chi connectivity index (χ1n) is 10.6. The highest BCUT2D eigenvalue weighted by molar-refractivity contribution is 6.36. The van der Waals surface area contributed by atoms with E-state index in [9.17, 15) is 9.59 Å². The lowest BCUT2D eigenvalue weighted by Gasteiger charge is -2.37. The molecule has 3 aromatic rings. The Balaban J connectivity index is 1.48. The number of anilines is 2. The zero-order valence-corrected chi connectivity index (χ0v) is 20.6. The van der Waals surface area contributed by atoms with Gasteiger partial charge in [0, 0.05) is 41.8 Å². The number of hydrogen-bond acceptors (Lipinski definition) is 4. The number of benzene rings is 3. The topological polar surface area (TPSA) is 61.9 Å². The van der Waals surface area contributed by atoms with Crippen LogP contribution in [-0.4, -0.2) is 50.0 Å². The Bertz CT molecular complexity index is 1210. The third-order valence-electron chi connectivity index (χ3n) is 5.61. The molecule has 0 saturated carbocycles. The average molecular weight is 519 g/mol. The Morgan fingerprint density at radius 3 is 2.24 bits per heavy atom. The highest BCUT2D eigenvalue weighted by Crippen LogP contribution is 2.34. The summed E-state index contributed by atoms with van der Waals surface area (Å²) in [5.74, 6) is -0.150. The number of carbonyl (C=O) groups excluding carboxylic acids is 2. The van der Waals surface area contributed by atoms with Crippen LogP contribution in [-0.2, 0) is 0 Å². The minimum absolute atomic E-state index is 0.0252. The van der Waals surface area contributed by atoms with Crippen molar-refractivity contribution in [2.45, 2.75) is 0 Å². The van der Waals surface area contributed by atoms with Gasteiger partial charge < -0.3 is 19.9 Å². The van der Waals surface area contributed by atoms with Gasteiger partial charge in [-0.3, -0.25) is 9.59 Å². The fraction of sp³-hybridized carbons (Fsp3) is 0.200. The number of para-hydroxylation sites is 2. The monoisotopic (exact) mass is 517 g/mol. The molecule has 0 bridgehead atoms. The SMILES string of the molecule is COc1c(Cl)cc(Cl)cc1C(=O)Nc1ccccc1N1CCN(C(=O)c2ccc(Cl)cc2)CC1. The summed E-state index contributed by atoms with van der Waals surface area (Å²) in [6.07, 6.45) is 0. The van der Waals surface area contributed by atoms with Crippen LogP contribution >= 0.6 is 34.8 Å². The van der Waals surface area contributed by atoms with Gasteiger partial charge in [0.05, 0.1) is 29.1 Å². The van der Waals surface area contributed by atoms with Crippen LogP contribution in [0.25, 0.3) is 0 Å². The summed E-state index contributed by atoms with van der Waals surface area (Å²) in [7, 11) is 1.45. The van der Waals surface area contributed by atoms with Crippen LogP contribution in [0.15, 0.2) is 60.7 Å². The lowest BCUT2D eigenvalue weighted by atomic mass is 10.1. The lowest BCUT2D eigenvalue weighted by molar-refractivity contribution is 0.0746. The fourth-order valence-corrected chi connectivity index (χ4v) is 4.60. The smallest absolute Gasteiger partial charge is 0.259 e. The van der Waals surface area contributed by atoms with Crippen molar-refractivity contribution < 1.29 is 14.3 Å². The Hall–Kier alpha value is -2.93. The van der Waals surface area contributed by atoms with Crippen LogP contribution < -0.4 is 15.0 Å². The van der Waals surface area contributed by atoms with Gasteiger partial charge in [0.1, 0.15) is 5.75 Å². The number of piperazine rings is 1. The van der Waals surface area contributed by atoms with E-state index in [4.69, 9.17) is 39.5 Å². The molecule has 6 nitrogen and oxygen atoms in total. The van der Waals surface area contributed by atoms with E-state index in [2.05, 4.69) is 10.2 Å². The molecule has 1 aliphatic rings. The molecule has 9 heteroatoms. The molecule has 0 aromatic heterocycles. The third-order valence-corrected chi connectivity index (χ3v) is 6.36. The molecule has 0 atom stereocenters. The van der Waals surface area contributed by atoms with Crippen LogP contribution in [0.3, 0.4) is 0 Å². The maximum Gasteiger partial charge on any atom is 0.259 e. The van der Waals surface area contributed by atoms with Gasteiger partial charge >= 0.3 is 0 Å². The zero-order chi connectivity index (χ0) is 24.2. The van der Waals surface area contributed by atoms with Gasteiger partial charge in [-0.25, -0.2) is 0 Å². The first-order chi connectivity index (χ1) is 16.4. The minimum Gasteiger partial charge on any atom is -0.494 e. The quantitative estimate of drug-likeness (QED) is 0.459. The number of methoxy groups -OCH3 is 1. The van der Waals surface area contributed by atoms with Crippen LogP contribution in [0.5, 0.6) is 5.75 Å². The third kappa shape index (κ3) is 5.25. The number of carbonyl (C=O) groups is 2. The standard InChI is InChI=1S/C25H22Cl3N3O3/c1-34-23-19(14-18(27)15-20(23)28)24(32)29-21-4-2-3-5-22(21)30-10-12-31(13-11-30)25(33)16-6-8-17(26)9-7-16/h2-9,14-15H,10-13H2,1H3,(H,29,32). The largest absolute Gasteiger partial charge is 0.494 e. The summed E-state index contributed by atoms with van der Waals surface area (Å²) >= 11 is 18.2. The molecule has 1 fully saturated rings. The summed E-state index contributed by atoms with van der Waals surface area (Å²) in [5, 5.41) is 4.14. The number of rotatable bonds is 5. The van der Waals surface area contributed by atoms with E-state index in [0.717, 1.165) is 5.69 Å². The van der Waals surface area contributed by atoms with Crippen molar-refractivity contribution in [3.63, 3.8) is 0 Å². The Morgan fingerprint density at radius 1 is 0.882 bits per heavy atom. The molecular formula is C25H22Cl3N3O3. The molecule has 0 radical (unpaired) electrons. The predicted octanol–water partition coefficient (Wildman–Crippen LogP) is 5.87. The van der Waals surface area contributed by atoms with E-state index in [1.807, 2.05) is 29.2 Å². The molecular weight excluding hydrogens is 497 g/mol. The highest BCUT2D eigenvalue weighted by atomic mass is 35.5. The minimum atomic E-state index is -0.384. The van der Waals surface area contributed by atoms with Crippen molar-refractivity contribution in [1.82, 2.24) is 4.90 Å². The Labute approximate surface area is 213 Å². The highest BCUT2D eigenvalue weighted by Gasteiger charge is 2.24. The van der Waals surface area contributed by atoms with Gasteiger partial charge in [0.2, 0.25) is 0 Å². The lowest BCUT2D eigenvalue weighted by Crippen LogP contribution is -2.49. The molecule has 0 unspecified atom stereocenters. The maximum atomic E-state index is 13.1. The van der Waals surface area contributed by atoms with Gasteiger partial charge in [-0.2, -0.15) is 0 Å². The first-order valence-corrected chi connectivity index (χ1v) is 11.7. The van der Waals surface area contributed by atoms with Crippen molar-refractivity contribution in [3.05, 3.63) is 86.9 Å². The second-order valence-electron chi connectivity index (χ2n) is 7.73. The summed E-state index contributed by atoms with van der Waals surface area (Å²) in [5.41, 5.74) is 2.36. The van der Waals surface area contributed by atoms with Crippen molar-refractivity contribution in [2.24, 2.45) is 0 Å². The van der Waals surface area contributed by atoms with Gasteiger partial charge in [-0.1, -0.05) is 46.9 Å². The summed E-state index contributed by atoms with van der Waals surface area (Å²) in [6, 6.07) is 17.5. The molecule has 176 valence electrons. The van der Waals surface area contributed by atoms with Gasteiger partial charge in [0.15, 0.2) is 0 Å². The van der Waals surface area contributed by atoms with Crippen molar-refractivity contribution >= 4 is 58.0 Å². The number of hydrogen-bond donors (Lipinski definition) is 1. The summed E-state index contributed by atoms with van der Waals surface area (Å²) in [6.45, 7) is 2.36. The number of nitrogens with zero attached hydrogens (tertiary/aromatic N) is 2. The summed E-state index contributed by atoms with van der Waals surface area (Å²) in [4.78, 5) is 29.8. The molecule has 34 heavy (non-hydrogen) atoms. The number of halogens is 3. The second kappa shape index (κ2) is 10.6.